The van der Waals surface area contributed by atoms with Crippen molar-refractivity contribution in [2.24, 2.45) is 5.73 Å². The van der Waals surface area contributed by atoms with Gasteiger partial charge >= 0.3 is 0 Å². The minimum absolute atomic E-state index is 0.0238. The lowest BCUT2D eigenvalue weighted by molar-refractivity contribution is -0.120. The summed E-state index contributed by atoms with van der Waals surface area (Å²) in [5.74, 6) is 0.734. The molecule has 2 N–H and O–H groups in total. The van der Waals surface area contributed by atoms with Crippen molar-refractivity contribution >= 4 is 17.3 Å². The number of anilines is 2. The van der Waals surface area contributed by atoms with Gasteiger partial charge in [0.05, 0.1) is 5.69 Å². The summed E-state index contributed by atoms with van der Waals surface area (Å²) in [7, 11) is 3.79. The summed E-state index contributed by atoms with van der Waals surface area (Å²) in [6, 6.07) is 5.88. The highest BCUT2D eigenvalue weighted by Gasteiger charge is 2.22. The molecule has 0 spiro atoms. The smallest absolute Gasteiger partial charge is 0.264 e. The molecule has 1 amide bonds. The molecule has 0 aromatic heterocycles. The van der Waals surface area contributed by atoms with Crippen LogP contribution < -0.4 is 20.3 Å². The van der Waals surface area contributed by atoms with Crippen LogP contribution in [0.25, 0.3) is 0 Å². The first-order chi connectivity index (χ1) is 8.63. The van der Waals surface area contributed by atoms with Crippen molar-refractivity contribution in [3.05, 3.63) is 18.2 Å². The molecule has 0 fully saturated rings. The number of hydrogen-bond acceptors (Lipinski definition) is 4. The summed E-state index contributed by atoms with van der Waals surface area (Å²) in [5.41, 5.74) is 7.39. The van der Waals surface area contributed by atoms with E-state index in [2.05, 4.69) is 4.90 Å². The SMILES string of the molecule is CN(CCCN)c1ccc2c(c1)N(C)C(=O)CO2. The number of carbonyl (C=O) groups excluding carboxylic acids is 1. The van der Waals surface area contributed by atoms with Crippen molar-refractivity contribution in [1.82, 2.24) is 0 Å². The maximum atomic E-state index is 11.6. The molecular formula is C13H19N3O2. The molecular weight excluding hydrogens is 230 g/mol. The van der Waals surface area contributed by atoms with E-state index >= 15 is 0 Å². The van der Waals surface area contributed by atoms with E-state index in [9.17, 15) is 4.79 Å². The Kier molecular flexibility index (Phi) is 3.72. The molecule has 5 nitrogen and oxygen atoms in total. The van der Waals surface area contributed by atoms with Gasteiger partial charge in [0.1, 0.15) is 5.75 Å². The van der Waals surface area contributed by atoms with Gasteiger partial charge in [-0.1, -0.05) is 0 Å². The molecule has 1 aromatic carbocycles. The Balaban J connectivity index is 2.23. The van der Waals surface area contributed by atoms with Crippen LogP contribution in [0.4, 0.5) is 11.4 Å². The highest BCUT2D eigenvalue weighted by molar-refractivity contribution is 5.97. The number of ether oxygens (including phenoxy) is 1. The minimum atomic E-state index is -0.0238. The monoisotopic (exact) mass is 249 g/mol. The fourth-order valence-electron chi connectivity index (χ4n) is 1.96. The van der Waals surface area contributed by atoms with E-state index in [1.165, 1.54) is 0 Å². The largest absolute Gasteiger partial charge is 0.482 e. The molecule has 0 bridgehead atoms. The van der Waals surface area contributed by atoms with E-state index in [4.69, 9.17) is 10.5 Å². The number of amides is 1. The van der Waals surface area contributed by atoms with Crippen molar-refractivity contribution in [1.29, 1.82) is 0 Å². The summed E-state index contributed by atoms with van der Waals surface area (Å²) in [4.78, 5) is 15.3. The van der Waals surface area contributed by atoms with Gasteiger partial charge in [-0.15, -0.1) is 0 Å². The van der Waals surface area contributed by atoms with E-state index in [0.29, 0.717) is 6.54 Å². The van der Waals surface area contributed by atoms with Gasteiger partial charge in [0.25, 0.3) is 5.91 Å². The summed E-state index contributed by atoms with van der Waals surface area (Å²) in [6.07, 6.45) is 0.943. The molecule has 18 heavy (non-hydrogen) atoms. The third-order valence-electron chi connectivity index (χ3n) is 3.17. The number of benzene rings is 1. The standard InChI is InChI=1S/C13H19N3O2/c1-15(7-3-6-14)10-4-5-12-11(8-10)16(2)13(17)9-18-12/h4-5,8H,3,6-7,9,14H2,1-2H3. The van der Waals surface area contributed by atoms with Crippen LogP contribution in [0.15, 0.2) is 18.2 Å². The van der Waals surface area contributed by atoms with Gasteiger partial charge in [-0.05, 0) is 31.2 Å². The van der Waals surface area contributed by atoms with Crippen LogP contribution in [-0.2, 0) is 4.79 Å². The average molecular weight is 249 g/mol. The van der Waals surface area contributed by atoms with Gasteiger partial charge in [-0.3, -0.25) is 4.79 Å². The van der Waals surface area contributed by atoms with Gasteiger partial charge in [0.15, 0.2) is 6.61 Å². The number of likely N-dealkylation sites (N-methyl/N-ethyl adjacent to an activating group) is 1. The molecule has 2 rings (SSSR count). The highest BCUT2D eigenvalue weighted by atomic mass is 16.5. The lowest BCUT2D eigenvalue weighted by atomic mass is 10.2. The Morgan fingerprint density at radius 2 is 2.28 bits per heavy atom. The number of carbonyl (C=O) groups is 1. The Hall–Kier alpha value is -1.75. The predicted molar refractivity (Wildman–Crippen MR) is 72.3 cm³/mol. The second-order valence-electron chi connectivity index (χ2n) is 4.46. The van der Waals surface area contributed by atoms with Crippen LogP contribution >= 0.6 is 0 Å². The van der Waals surface area contributed by atoms with Gasteiger partial charge in [0.2, 0.25) is 0 Å². The van der Waals surface area contributed by atoms with E-state index < -0.39 is 0 Å². The van der Waals surface area contributed by atoms with Gasteiger partial charge in [0, 0.05) is 26.3 Å². The Morgan fingerprint density at radius 3 is 3.00 bits per heavy atom. The topological polar surface area (TPSA) is 58.8 Å². The molecule has 0 atom stereocenters. The van der Waals surface area contributed by atoms with Crippen LogP contribution in [-0.4, -0.2) is 39.7 Å². The van der Waals surface area contributed by atoms with Crippen molar-refractivity contribution in [3.63, 3.8) is 0 Å². The normalized spacial score (nSPS) is 14.2. The summed E-state index contributed by atoms with van der Waals surface area (Å²) >= 11 is 0. The van der Waals surface area contributed by atoms with Crippen LogP contribution in [0, 0.1) is 0 Å². The van der Waals surface area contributed by atoms with Crippen LogP contribution in [0.3, 0.4) is 0 Å². The number of nitrogens with zero attached hydrogens (tertiary/aromatic N) is 2. The molecule has 1 aromatic rings. The van der Waals surface area contributed by atoms with E-state index in [-0.39, 0.29) is 12.5 Å². The Morgan fingerprint density at radius 1 is 1.50 bits per heavy atom. The van der Waals surface area contributed by atoms with Crippen molar-refractivity contribution in [2.75, 3.05) is 43.6 Å². The van der Waals surface area contributed by atoms with Crippen LogP contribution in [0.1, 0.15) is 6.42 Å². The molecule has 0 aliphatic carbocycles. The minimum Gasteiger partial charge on any atom is -0.482 e. The number of rotatable bonds is 4. The quantitative estimate of drug-likeness (QED) is 0.858. The van der Waals surface area contributed by atoms with Crippen LogP contribution in [0.5, 0.6) is 5.75 Å². The molecule has 1 heterocycles. The summed E-state index contributed by atoms with van der Waals surface area (Å²) in [5, 5.41) is 0. The third-order valence-corrected chi connectivity index (χ3v) is 3.17. The second kappa shape index (κ2) is 5.27. The molecule has 1 aliphatic heterocycles. The number of nitrogens with two attached hydrogens (primary N) is 1. The predicted octanol–water partition coefficient (Wildman–Crippen LogP) is 0.827. The maximum absolute atomic E-state index is 11.6. The zero-order valence-corrected chi connectivity index (χ0v) is 10.8. The molecule has 0 radical (unpaired) electrons. The Labute approximate surface area is 107 Å². The summed E-state index contributed by atoms with van der Waals surface area (Å²) in [6.45, 7) is 1.69. The molecule has 98 valence electrons. The van der Waals surface area contributed by atoms with Gasteiger partial charge < -0.3 is 20.3 Å². The summed E-state index contributed by atoms with van der Waals surface area (Å²) < 4.78 is 5.39. The lowest BCUT2D eigenvalue weighted by Crippen LogP contribution is -2.35. The lowest BCUT2D eigenvalue weighted by Gasteiger charge is -2.28. The Bertz CT molecular complexity index is 448. The van der Waals surface area contributed by atoms with Crippen LogP contribution in [0.2, 0.25) is 0 Å². The van der Waals surface area contributed by atoms with Gasteiger partial charge in [-0.25, -0.2) is 0 Å². The molecule has 0 unspecified atom stereocenters. The fraction of sp³-hybridized carbons (Fsp3) is 0.462. The number of fused-ring (bicyclic) bond motifs is 1. The van der Waals surface area contributed by atoms with Crippen molar-refractivity contribution in [2.45, 2.75) is 6.42 Å². The van der Waals surface area contributed by atoms with Gasteiger partial charge in [-0.2, -0.15) is 0 Å². The number of hydrogen-bond donors (Lipinski definition) is 1. The first kappa shape index (κ1) is 12.7. The zero-order valence-electron chi connectivity index (χ0n) is 10.8. The van der Waals surface area contributed by atoms with Crippen molar-refractivity contribution in [3.8, 4) is 5.75 Å². The third kappa shape index (κ3) is 2.41. The van der Waals surface area contributed by atoms with E-state index in [0.717, 1.165) is 30.1 Å². The molecule has 1 aliphatic rings. The zero-order chi connectivity index (χ0) is 13.1. The first-order valence-corrected chi connectivity index (χ1v) is 6.08. The maximum Gasteiger partial charge on any atom is 0.264 e. The van der Waals surface area contributed by atoms with E-state index in [1.807, 2.05) is 25.2 Å². The molecule has 5 heteroatoms. The molecule has 0 saturated carbocycles. The molecule has 0 saturated heterocycles. The highest BCUT2D eigenvalue weighted by Crippen LogP contribution is 2.34. The fourth-order valence-corrected chi connectivity index (χ4v) is 1.96. The van der Waals surface area contributed by atoms with E-state index in [1.54, 1.807) is 11.9 Å². The first-order valence-electron chi connectivity index (χ1n) is 6.08. The van der Waals surface area contributed by atoms with Crippen molar-refractivity contribution < 1.29 is 9.53 Å². The average Bonchev–Trinajstić information content (AvgIpc) is 2.40. The second-order valence-corrected chi connectivity index (χ2v) is 4.46.